The number of nitrogens with one attached hydrogen (secondary N) is 1. The van der Waals surface area contributed by atoms with E-state index in [1.807, 2.05) is 13.0 Å². The number of rotatable bonds is 26. The Morgan fingerprint density at radius 3 is 2.30 bits per heavy atom. The lowest BCUT2D eigenvalue weighted by atomic mass is 9.95. The van der Waals surface area contributed by atoms with Gasteiger partial charge in [0.15, 0.2) is 18.1 Å². The smallest absolute Gasteiger partial charge is 0.333 e. The molecule has 1 N–H and O–H groups in total. The van der Waals surface area contributed by atoms with E-state index in [-0.39, 0.29) is 30.6 Å². The molecule has 0 spiro atoms. The second-order valence-electron chi connectivity index (χ2n) is 12.8. The van der Waals surface area contributed by atoms with Crippen molar-refractivity contribution in [2.75, 3.05) is 26.9 Å². The van der Waals surface area contributed by atoms with Crippen LogP contribution in [0.3, 0.4) is 0 Å². The third kappa shape index (κ3) is 22.8. The van der Waals surface area contributed by atoms with Crippen molar-refractivity contribution in [2.24, 2.45) is 11.8 Å². The Kier molecular flexibility index (Phi) is 24.0. The molecule has 2 aromatic rings. The van der Waals surface area contributed by atoms with Gasteiger partial charge in [-0.3, -0.25) is 4.79 Å². The van der Waals surface area contributed by atoms with Crippen LogP contribution >= 0.6 is 0 Å². The summed E-state index contributed by atoms with van der Waals surface area (Å²) < 4.78 is 48.2. The van der Waals surface area contributed by atoms with Gasteiger partial charge in [0, 0.05) is 6.08 Å². The van der Waals surface area contributed by atoms with E-state index in [1.165, 1.54) is 64.4 Å². The zero-order chi connectivity index (χ0) is 40.2. The number of ether oxygens (including phenoxy) is 4. The van der Waals surface area contributed by atoms with E-state index < -0.39 is 35.6 Å². The van der Waals surface area contributed by atoms with Gasteiger partial charge in [0.2, 0.25) is 6.41 Å². The second kappa shape index (κ2) is 27.6. The first-order chi connectivity index (χ1) is 25.8. The van der Waals surface area contributed by atoms with Crippen LogP contribution in [0.4, 0.5) is 8.78 Å². The summed E-state index contributed by atoms with van der Waals surface area (Å²) in [6, 6.07) is 12.6. The number of carbonyl (C=O) groups is 3. The number of nitrogens with zero attached hydrogens (tertiary/aromatic N) is 1. The normalized spacial score (nSPS) is 12.9. The van der Waals surface area contributed by atoms with E-state index in [0.29, 0.717) is 30.6 Å². The highest BCUT2D eigenvalue weighted by atomic mass is 19.3. The number of hydrogen-bond acceptors (Lipinski definition) is 10. The molecule has 2 rings (SSSR count). The molecule has 54 heavy (non-hydrogen) atoms. The van der Waals surface area contributed by atoms with E-state index in [4.69, 9.17) is 18.9 Å². The average Bonchev–Trinajstić information content (AvgIpc) is 3.15. The van der Waals surface area contributed by atoms with Crippen LogP contribution in [0.2, 0.25) is 0 Å². The van der Waals surface area contributed by atoms with E-state index in [0.717, 1.165) is 24.8 Å². The van der Waals surface area contributed by atoms with Gasteiger partial charge in [0.1, 0.15) is 11.8 Å². The Balaban J connectivity index is 0.000000546. The average molecular weight is 763 g/mol. The minimum atomic E-state index is -2.93. The molecule has 0 heterocycles. The van der Waals surface area contributed by atoms with Crippen molar-refractivity contribution >= 4 is 24.4 Å². The molecule has 0 aliphatic rings. The summed E-state index contributed by atoms with van der Waals surface area (Å²) in [4.78, 5) is 48.0. The Morgan fingerprint density at radius 1 is 0.944 bits per heavy atom. The maximum atomic E-state index is 13.9. The Bertz CT molecular complexity index is 1440. The third-order valence-electron chi connectivity index (χ3n) is 7.96. The van der Waals surface area contributed by atoms with Crippen molar-refractivity contribution in [3.05, 3.63) is 82.4 Å². The van der Waals surface area contributed by atoms with E-state index in [2.05, 4.69) is 24.0 Å². The molecular formula is C40H56F2N2O10. The molecule has 0 radical (unpaired) electrons. The van der Waals surface area contributed by atoms with Crippen LogP contribution in [0, 0.1) is 22.0 Å². The summed E-state index contributed by atoms with van der Waals surface area (Å²) in [5.74, 6) is -2.32. The first-order valence-electron chi connectivity index (χ1n) is 18.3. The van der Waals surface area contributed by atoms with Gasteiger partial charge in [-0.15, -0.1) is 10.1 Å². The lowest BCUT2D eigenvalue weighted by Gasteiger charge is -2.15. The standard InChI is InChI=1S/C22H34F2O.C18H22N2O9/c1-4-5-11-19(2)12-9-10-13-20(3)16-17-22(23,24)18-25-21-14-7-6-8-15-21;1-13(19-12-21)18(23)29-15-7-5-14(11-16(15)26-2)6-8-17(22)27-9-3-4-10-28-20(24)25/h6-8,14-17,19-20H,4-5,9-13,18H2,1-3H3;5-8,11-13H,3-4,9-10H2,1-2H3,(H,19,21)/b17-16+;8-6+. The molecule has 14 heteroatoms. The van der Waals surface area contributed by atoms with Gasteiger partial charge in [-0.25, -0.2) is 9.59 Å². The summed E-state index contributed by atoms with van der Waals surface area (Å²) in [6.07, 6.45) is 14.9. The predicted molar refractivity (Wildman–Crippen MR) is 202 cm³/mol. The van der Waals surface area contributed by atoms with Crippen LogP contribution in [0.25, 0.3) is 6.08 Å². The molecule has 2 aromatic carbocycles. The first-order valence-corrected chi connectivity index (χ1v) is 18.3. The third-order valence-corrected chi connectivity index (χ3v) is 7.96. The number of esters is 2. The van der Waals surface area contributed by atoms with Crippen molar-refractivity contribution in [3.63, 3.8) is 0 Å². The molecule has 0 fully saturated rings. The molecule has 3 unspecified atom stereocenters. The molecule has 0 saturated carbocycles. The van der Waals surface area contributed by atoms with Gasteiger partial charge >= 0.3 is 11.9 Å². The van der Waals surface area contributed by atoms with E-state index in [1.54, 1.807) is 42.5 Å². The van der Waals surface area contributed by atoms with Gasteiger partial charge < -0.3 is 29.1 Å². The minimum absolute atomic E-state index is 0.0545. The molecule has 3 atom stereocenters. The number of para-hydroxylation sites is 1. The van der Waals surface area contributed by atoms with Gasteiger partial charge in [-0.2, -0.15) is 8.78 Å². The summed E-state index contributed by atoms with van der Waals surface area (Å²) in [6.45, 7) is 7.45. The summed E-state index contributed by atoms with van der Waals surface area (Å²) in [5, 5.41) is 11.4. The lowest BCUT2D eigenvalue weighted by molar-refractivity contribution is -0.757. The highest BCUT2D eigenvalue weighted by Gasteiger charge is 2.26. The predicted octanol–water partition coefficient (Wildman–Crippen LogP) is 8.56. The van der Waals surface area contributed by atoms with Crippen molar-refractivity contribution in [1.82, 2.24) is 5.32 Å². The minimum Gasteiger partial charge on any atom is -0.493 e. The zero-order valence-electron chi connectivity index (χ0n) is 32.0. The van der Waals surface area contributed by atoms with Gasteiger partial charge in [0.05, 0.1) is 20.3 Å². The number of halogens is 2. The molecular weight excluding hydrogens is 706 g/mol. The highest BCUT2D eigenvalue weighted by Crippen LogP contribution is 2.29. The number of carbonyl (C=O) groups excluding carboxylic acids is 3. The molecule has 300 valence electrons. The number of unbranched alkanes of at least 4 members (excludes halogenated alkanes) is 3. The van der Waals surface area contributed by atoms with Crippen molar-refractivity contribution in [1.29, 1.82) is 0 Å². The molecule has 0 saturated heterocycles. The van der Waals surface area contributed by atoms with Crippen molar-refractivity contribution in [3.8, 4) is 17.2 Å². The van der Waals surface area contributed by atoms with Gasteiger partial charge in [-0.05, 0) is 80.0 Å². The molecule has 0 aliphatic carbocycles. The molecule has 0 aromatic heterocycles. The van der Waals surface area contributed by atoms with Crippen LogP contribution < -0.4 is 19.5 Å². The number of alkyl halides is 2. The monoisotopic (exact) mass is 762 g/mol. The Morgan fingerprint density at radius 2 is 1.63 bits per heavy atom. The molecule has 0 bridgehead atoms. The fourth-order valence-electron chi connectivity index (χ4n) is 4.77. The van der Waals surface area contributed by atoms with Crippen LogP contribution in [0.5, 0.6) is 17.2 Å². The summed E-state index contributed by atoms with van der Waals surface area (Å²) >= 11 is 0. The van der Waals surface area contributed by atoms with Gasteiger partial charge in [-0.1, -0.05) is 89.6 Å². The van der Waals surface area contributed by atoms with Crippen molar-refractivity contribution < 1.29 is 52.0 Å². The van der Waals surface area contributed by atoms with Crippen molar-refractivity contribution in [2.45, 2.75) is 97.4 Å². The highest BCUT2D eigenvalue weighted by molar-refractivity contribution is 5.87. The molecule has 0 aliphatic heterocycles. The largest absolute Gasteiger partial charge is 0.493 e. The quantitative estimate of drug-likeness (QED) is 0.0144. The summed E-state index contributed by atoms with van der Waals surface area (Å²) in [5.41, 5.74) is 0.594. The second-order valence-corrected chi connectivity index (χ2v) is 12.8. The Hall–Kier alpha value is -5.01. The summed E-state index contributed by atoms with van der Waals surface area (Å²) in [7, 11) is 1.39. The number of allylic oxidation sites excluding steroid dienone is 1. The number of amides is 1. The van der Waals surface area contributed by atoms with Crippen LogP contribution in [-0.4, -0.2) is 62.3 Å². The maximum Gasteiger partial charge on any atom is 0.333 e. The van der Waals surface area contributed by atoms with E-state index in [9.17, 15) is 33.3 Å². The van der Waals surface area contributed by atoms with Crippen LogP contribution in [0.15, 0.2) is 66.8 Å². The van der Waals surface area contributed by atoms with E-state index >= 15 is 0 Å². The molecule has 12 nitrogen and oxygen atoms in total. The zero-order valence-corrected chi connectivity index (χ0v) is 32.0. The SMILES string of the molecule is CCCCC(C)CCCCC(C)/C=C/C(F)(F)COc1ccccc1.COc1cc(/C=C/C(=O)OCCCCO[N+](=O)[O-])ccc1OC(=O)C(C)NC=O. The Labute approximate surface area is 317 Å². The number of benzene rings is 2. The fourth-order valence-corrected chi connectivity index (χ4v) is 4.77. The topological polar surface area (TPSA) is 153 Å². The van der Waals surface area contributed by atoms with Gasteiger partial charge in [0.25, 0.3) is 11.0 Å². The van der Waals surface area contributed by atoms with Crippen LogP contribution in [0.1, 0.15) is 91.0 Å². The number of hydrogen-bond donors (Lipinski definition) is 1. The molecule has 1 amide bonds. The van der Waals surface area contributed by atoms with Crippen LogP contribution in [-0.2, 0) is 24.0 Å². The maximum absolute atomic E-state index is 13.9. The number of methoxy groups -OCH3 is 1. The fraction of sp³-hybridized carbons (Fsp3) is 0.525. The lowest BCUT2D eigenvalue weighted by Crippen LogP contribution is -2.36. The first kappa shape index (κ1) is 47.0.